The van der Waals surface area contributed by atoms with Crippen molar-refractivity contribution in [3.8, 4) is 5.75 Å². The molecule has 0 saturated heterocycles. The Balaban J connectivity index is 2.57. The second-order valence-electron chi connectivity index (χ2n) is 4.77. The molecular formula is C13H19NO. The number of hydrogen-bond acceptors (Lipinski definition) is 2. The molecule has 82 valence electrons. The molecule has 0 aromatic heterocycles. The summed E-state index contributed by atoms with van der Waals surface area (Å²) >= 11 is 0. The average molecular weight is 205 g/mol. The topological polar surface area (TPSA) is 21.6 Å². The van der Waals surface area contributed by atoms with Gasteiger partial charge in [-0.15, -0.1) is 0 Å². The number of aliphatic imine (C=N–C) groups is 1. The molecule has 0 aliphatic heterocycles. The largest absolute Gasteiger partial charge is 0.497 e. The van der Waals surface area contributed by atoms with Crippen LogP contribution in [0.4, 0.5) is 5.69 Å². The maximum Gasteiger partial charge on any atom is 0.119 e. The fraction of sp³-hybridized carbons (Fsp3) is 0.462. The van der Waals surface area contributed by atoms with Crippen molar-refractivity contribution in [2.75, 3.05) is 7.11 Å². The summed E-state index contributed by atoms with van der Waals surface area (Å²) < 4.78 is 5.08. The maximum absolute atomic E-state index is 5.08. The molecule has 0 aliphatic rings. The Labute approximate surface area is 92.0 Å². The summed E-state index contributed by atoms with van der Waals surface area (Å²) in [4.78, 5) is 4.39. The summed E-state index contributed by atoms with van der Waals surface area (Å²) in [5.74, 6) is 0.866. The predicted molar refractivity (Wildman–Crippen MR) is 65.2 cm³/mol. The third-order valence-corrected chi connectivity index (χ3v) is 2.02. The molecule has 0 unspecified atom stereocenters. The van der Waals surface area contributed by atoms with Crippen LogP contribution in [-0.2, 0) is 0 Å². The van der Waals surface area contributed by atoms with E-state index < -0.39 is 0 Å². The van der Waals surface area contributed by atoms with Gasteiger partial charge in [0.15, 0.2) is 0 Å². The zero-order valence-corrected chi connectivity index (χ0v) is 9.95. The van der Waals surface area contributed by atoms with E-state index in [0.717, 1.165) is 17.9 Å². The molecule has 0 heterocycles. The van der Waals surface area contributed by atoms with Crippen LogP contribution in [0.25, 0.3) is 0 Å². The van der Waals surface area contributed by atoms with Gasteiger partial charge in [-0.25, -0.2) is 0 Å². The quantitative estimate of drug-likeness (QED) is 0.687. The van der Waals surface area contributed by atoms with Crippen LogP contribution in [0.1, 0.15) is 27.2 Å². The predicted octanol–water partition coefficient (Wildman–Crippen LogP) is 3.83. The van der Waals surface area contributed by atoms with Gasteiger partial charge in [0.05, 0.1) is 12.8 Å². The highest BCUT2D eigenvalue weighted by atomic mass is 16.5. The van der Waals surface area contributed by atoms with Crippen molar-refractivity contribution < 1.29 is 4.74 Å². The summed E-state index contributed by atoms with van der Waals surface area (Å²) in [7, 11) is 1.66. The van der Waals surface area contributed by atoms with Gasteiger partial charge in [-0.1, -0.05) is 20.8 Å². The van der Waals surface area contributed by atoms with Crippen LogP contribution in [0.15, 0.2) is 29.3 Å². The van der Waals surface area contributed by atoms with E-state index in [4.69, 9.17) is 4.74 Å². The molecule has 0 bridgehead atoms. The molecule has 0 amide bonds. The van der Waals surface area contributed by atoms with Crippen molar-refractivity contribution >= 4 is 11.9 Å². The third-order valence-electron chi connectivity index (χ3n) is 2.02. The van der Waals surface area contributed by atoms with Crippen molar-refractivity contribution in [3.05, 3.63) is 24.3 Å². The van der Waals surface area contributed by atoms with Gasteiger partial charge in [-0.3, -0.25) is 4.99 Å². The first kappa shape index (κ1) is 11.8. The molecule has 2 heteroatoms. The lowest BCUT2D eigenvalue weighted by atomic mass is 9.93. The standard InChI is InChI=1S/C13H19NO/c1-13(2,3)9-10-14-11-5-7-12(15-4)8-6-11/h5-8,10H,9H2,1-4H3. The second kappa shape index (κ2) is 4.96. The van der Waals surface area contributed by atoms with Gasteiger partial charge in [-0.05, 0) is 36.1 Å². The number of nitrogens with zero attached hydrogens (tertiary/aromatic N) is 1. The first-order chi connectivity index (χ1) is 7.01. The minimum atomic E-state index is 0.302. The summed E-state index contributed by atoms with van der Waals surface area (Å²) in [5.41, 5.74) is 1.27. The van der Waals surface area contributed by atoms with E-state index in [-0.39, 0.29) is 0 Å². The Morgan fingerprint density at radius 3 is 2.27 bits per heavy atom. The minimum Gasteiger partial charge on any atom is -0.497 e. The van der Waals surface area contributed by atoms with E-state index in [1.165, 1.54) is 0 Å². The molecular weight excluding hydrogens is 186 g/mol. The van der Waals surface area contributed by atoms with Crippen molar-refractivity contribution in [3.63, 3.8) is 0 Å². The van der Waals surface area contributed by atoms with Crippen LogP contribution in [-0.4, -0.2) is 13.3 Å². The molecule has 0 atom stereocenters. The summed E-state index contributed by atoms with van der Waals surface area (Å²) in [5, 5.41) is 0. The lowest BCUT2D eigenvalue weighted by Gasteiger charge is -2.13. The van der Waals surface area contributed by atoms with Crippen LogP contribution < -0.4 is 4.74 Å². The first-order valence-electron chi connectivity index (χ1n) is 5.18. The average Bonchev–Trinajstić information content (AvgIpc) is 2.17. The van der Waals surface area contributed by atoms with E-state index >= 15 is 0 Å². The monoisotopic (exact) mass is 205 g/mol. The maximum atomic E-state index is 5.08. The van der Waals surface area contributed by atoms with E-state index in [1.807, 2.05) is 30.5 Å². The lowest BCUT2D eigenvalue weighted by Crippen LogP contribution is -2.04. The summed E-state index contributed by atoms with van der Waals surface area (Å²) in [6, 6.07) is 7.75. The van der Waals surface area contributed by atoms with E-state index in [2.05, 4.69) is 25.8 Å². The fourth-order valence-electron chi connectivity index (χ4n) is 1.09. The normalized spacial score (nSPS) is 12.0. The molecule has 0 fully saturated rings. The molecule has 15 heavy (non-hydrogen) atoms. The highest BCUT2D eigenvalue weighted by Crippen LogP contribution is 2.20. The Hall–Kier alpha value is -1.31. The molecule has 1 rings (SSSR count). The number of benzene rings is 1. The SMILES string of the molecule is COc1ccc(N=CCC(C)(C)C)cc1. The number of methoxy groups -OCH3 is 1. The van der Waals surface area contributed by atoms with Gasteiger partial charge < -0.3 is 4.74 Å². The smallest absolute Gasteiger partial charge is 0.119 e. The molecule has 0 aliphatic carbocycles. The molecule has 0 N–H and O–H groups in total. The third kappa shape index (κ3) is 4.63. The van der Waals surface area contributed by atoms with Crippen LogP contribution in [0.2, 0.25) is 0 Å². The van der Waals surface area contributed by atoms with E-state index in [0.29, 0.717) is 5.41 Å². The molecule has 1 aromatic carbocycles. The van der Waals surface area contributed by atoms with Crippen molar-refractivity contribution in [1.29, 1.82) is 0 Å². The Bertz CT molecular complexity index is 319. The second-order valence-corrected chi connectivity index (χ2v) is 4.77. The first-order valence-corrected chi connectivity index (χ1v) is 5.18. The number of rotatable bonds is 3. The number of hydrogen-bond donors (Lipinski definition) is 0. The van der Waals surface area contributed by atoms with Gasteiger partial charge in [-0.2, -0.15) is 0 Å². The van der Waals surface area contributed by atoms with Crippen LogP contribution in [0.3, 0.4) is 0 Å². The van der Waals surface area contributed by atoms with Gasteiger partial charge in [0, 0.05) is 6.21 Å². The van der Waals surface area contributed by atoms with Gasteiger partial charge in [0.2, 0.25) is 0 Å². The number of ether oxygens (including phenoxy) is 1. The van der Waals surface area contributed by atoms with Crippen molar-refractivity contribution in [2.24, 2.45) is 10.4 Å². The molecule has 2 nitrogen and oxygen atoms in total. The van der Waals surface area contributed by atoms with Gasteiger partial charge >= 0.3 is 0 Å². The Morgan fingerprint density at radius 2 is 1.80 bits per heavy atom. The Morgan fingerprint density at radius 1 is 1.20 bits per heavy atom. The highest BCUT2D eigenvalue weighted by Gasteiger charge is 2.06. The molecule has 0 radical (unpaired) electrons. The Kier molecular flexibility index (Phi) is 3.89. The van der Waals surface area contributed by atoms with Crippen LogP contribution in [0, 0.1) is 5.41 Å². The highest BCUT2D eigenvalue weighted by molar-refractivity contribution is 5.64. The van der Waals surface area contributed by atoms with Crippen molar-refractivity contribution in [1.82, 2.24) is 0 Å². The molecule has 1 aromatic rings. The summed E-state index contributed by atoms with van der Waals surface area (Å²) in [6.45, 7) is 6.60. The fourth-order valence-corrected chi connectivity index (χ4v) is 1.09. The zero-order chi connectivity index (χ0) is 11.3. The zero-order valence-electron chi connectivity index (χ0n) is 9.95. The molecule has 0 spiro atoms. The summed E-state index contributed by atoms with van der Waals surface area (Å²) in [6.07, 6.45) is 2.96. The minimum absolute atomic E-state index is 0.302. The van der Waals surface area contributed by atoms with Crippen LogP contribution in [0.5, 0.6) is 5.75 Å². The van der Waals surface area contributed by atoms with Crippen molar-refractivity contribution in [2.45, 2.75) is 27.2 Å². The lowest BCUT2D eigenvalue weighted by molar-refractivity contribution is 0.415. The molecule has 0 saturated carbocycles. The van der Waals surface area contributed by atoms with E-state index in [9.17, 15) is 0 Å². The van der Waals surface area contributed by atoms with Gasteiger partial charge in [0.1, 0.15) is 5.75 Å². The van der Waals surface area contributed by atoms with Crippen LogP contribution >= 0.6 is 0 Å². The van der Waals surface area contributed by atoms with Gasteiger partial charge in [0.25, 0.3) is 0 Å². The van der Waals surface area contributed by atoms with E-state index in [1.54, 1.807) is 7.11 Å².